The standard InChI is InChI=1S/C14H19N5O.C6H4F2/c1-9-2-3-19-14(16-9)12-5-18(6-13(12)17-19)11-4-10(15)7-20-8-11;7-5-1-2-6(8)4-3-5/h2-3,10-11H,4-8,15H2,1H3;1-4H. The maximum absolute atomic E-state index is 11.9. The predicted molar refractivity (Wildman–Crippen MR) is 101 cm³/mol. The number of nitrogens with zero attached hydrogens (tertiary/aromatic N) is 4. The van der Waals surface area contributed by atoms with Gasteiger partial charge in [0.1, 0.15) is 11.6 Å². The first-order chi connectivity index (χ1) is 13.5. The van der Waals surface area contributed by atoms with Crippen molar-refractivity contribution in [3.8, 4) is 0 Å². The summed E-state index contributed by atoms with van der Waals surface area (Å²) in [6, 6.07) is 6.86. The average Bonchev–Trinajstić information content (AvgIpc) is 3.23. The minimum Gasteiger partial charge on any atom is -0.378 e. The molecule has 1 saturated heterocycles. The van der Waals surface area contributed by atoms with Crippen molar-refractivity contribution in [1.29, 1.82) is 0 Å². The van der Waals surface area contributed by atoms with E-state index in [1.54, 1.807) is 0 Å². The Balaban J connectivity index is 0.000000203. The van der Waals surface area contributed by atoms with Crippen LogP contribution in [0.1, 0.15) is 23.4 Å². The Kier molecular flexibility index (Phi) is 5.34. The molecule has 148 valence electrons. The van der Waals surface area contributed by atoms with Crippen LogP contribution in [0.5, 0.6) is 0 Å². The zero-order chi connectivity index (χ0) is 19.7. The van der Waals surface area contributed by atoms with Crippen LogP contribution in [0.2, 0.25) is 0 Å². The number of aromatic nitrogens is 3. The molecule has 3 aromatic rings. The number of rotatable bonds is 1. The van der Waals surface area contributed by atoms with Crippen molar-refractivity contribution >= 4 is 5.65 Å². The van der Waals surface area contributed by atoms with Crippen LogP contribution in [0, 0.1) is 18.6 Å². The summed E-state index contributed by atoms with van der Waals surface area (Å²) in [5.74, 6) is -0.821. The van der Waals surface area contributed by atoms with E-state index < -0.39 is 11.6 Å². The molecule has 0 bridgehead atoms. The summed E-state index contributed by atoms with van der Waals surface area (Å²) < 4.78 is 31.3. The topological polar surface area (TPSA) is 68.7 Å². The minimum absolute atomic E-state index is 0.156. The molecule has 6 nitrogen and oxygen atoms in total. The molecular weight excluding hydrogens is 364 g/mol. The third-order valence-corrected chi connectivity index (χ3v) is 5.05. The van der Waals surface area contributed by atoms with E-state index in [4.69, 9.17) is 10.5 Å². The normalized spacial score (nSPS) is 22.0. The van der Waals surface area contributed by atoms with Gasteiger partial charge in [-0.25, -0.2) is 18.3 Å². The van der Waals surface area contributed by atoms with Crippen LogP contribution in [-0.4, -0.2) is 44.8 Å². The van der Waals surface area contributed by atoms with Crippen molar-refractivity contribution in [2.75, 3.05) is 13.2 Å². The lowest BCUT2D eigenvalue weighted by Gasteiger charge is -2.33. The van der Waals surface area contributed by atoms with Gasteiger partial charge in [0.15, 0.2) is 5.65 Å². The molecule has 2 N–H and O–H groups in total. The second kappa shape index (κ2) is 7.90. The Morgan fingerprint density at radius 3 is 2.46 bits per heavy atom. The zero-order valence-electron chi connectivity index (χ0n) is 15.7. The Morgan fingerprint density at radius 1 is 1.07 bits per heavy atom. The first kappa shape index (κ1) is 18.9. The lowest BCUT2D eigenvalue weighted by Crippen LogP contribution is -2.46. The second-order valence-electron chi connectivity index (χ2n) is 7.29. The number of hydrogen-bond acceptors (Lipinski definition) is 5. The van der Waals surface area contributed by atoms with E-state index in [0.29, 0.717) is 12.6 Å². The summed E-state index contributed by atoms with van der Waals surface area (Å²) in [6.07, 6.45) is 2.99. The van der Waals surface area contributed by atoms with Crippen LogP contribution in [0.3, 0.4) is 0 Å². The highest BCUT2D eigenvalue weighted by Crippen LogP contribution is 2.29. The molecule has 1 aromatic carbocycles. The number of fused-ring (bicyclic) bond motifs is 3. The van der Waals surface area contributed by atoms with Gasteiger partial charge in [-0.15, -0.1) is 0 Å². The lowest BCUT2D eigenvalue weighted by atomic mass is 10.1. The molecule has 0 radical (unpaired) electrons. The van der Waals surface area contributed by atoms with Gasteiger partial charge < -0.3 is 10.5 Å². The van der Waals surface area contributed by atoms with E-state index in [2.05, 4.69) is 15.0 Å². The zero-order valence-corrected chi connectivity index (χ0v) is 15.7. The number of ether oxygens (including phenoxy) is 1. The van der Waals surface area contributed by atoms with Gasteiger partial charge >= 0.3 is 0 Å². The molecule has 8 heteroatoms. The molecule has 2 aliphatic rings. The Hall–Kier alpha value is -2.42. The molecule has 2 atom stereocenters. The molecule has 0 saturated carbocycles. The van der Waals surface area contributed by atoms with Crippen LogP contribution < -0.4 is 5.73 Å². The van der Waals surface area contributed by atoms with E-state index >= 15 is 0 Å². The van der Waals surface area contributed by atoms with Crippen molar-refractivity contribution < 1.29 is 13.5 Å². The van der Waals surface area contributed by atoms with E-state index in [1.807, 2.05) is 23.7 Å². The van der Waals surface area contributed by atoms with E-state index in [0.717, 1.165) is 67.4 Å². The van der Waals surface area contributed by atoms with Crippen molar-refractivity contribution in [2.24, 2.45) is 5.73 Å². The fourth-order valence-electron chi connectivity index (χ4n) is 3.63. The monoisotopic (exact) mass is 387 g/mol. The van der Waals surface area contributed by atoms with E-state index in [1.165, 1.54) is 5.56 Å². The van der Waals surface area contributed by atoms with Crippen molar-refractivity contribution in [3.05, 3.63) is 65.1 Å². The van der Waals surface area contributed by atoms with Gasteiger partial charge in [0.05, 0.1) is 18.9 Å². The minimum atomic E-state index is -0.411. The largest absolute Gasteiger partial charge is 0.378 e. The molecule has 4 heterocycles. The van der Waals surface area contributed by atoms with Crippen LogP contribution in [0.25, 0.3) is 5.65 Å². The van der Waals surface area contributed by atoms with Gasteiger partial charge in [-0.1, -0.05) is 0 Å². The fourth-order valence-corrected chi connectivity index (χ4v) is 3.63. The number of benzene rings is 1. The van der Waals surface area contributed by atoms with Crippen LogP contribution in [0.4, 0.5) is 8.78 Å². The first-order valence-electron chi connectivity index (χ1n) is 9.32. The highest BCUT2D eigenvalue weighted by atomic mass is 19.1. The quantitative estimate of drug-likeness (QED) is 0.695. The molecule has 1 fully saturated rings. The fraction of sp³-hybridized carbons (Fsp3) is 0.400. The number of hydrogen-bond donors (Lipinski definition) is 1. The number of nitrogens with two attached hydrogens (primary N) is 1. The van der Waals surface area contributed by atoms with E-state index in [-0.39, 0.29) is 6.04 Å². The molecule has 2 unspecified atom stereocenters. The lowest BCUT2D eigenvalue weighted by molar-refractivity contribution is 0.00516. The molecule has 2 aliphatic heterocycles. The first-order valence-corrected chi connectivity index (χ1v) is 9.32. The maximum atomic E-state index is 11.9. The van der Waals surface area contributed by atoms with Crippen molar-refractivity contribution in [3.63, 3.8) is 0 Å². The third kappa shape index (κ3) is 4.04. The van der Waals surface area contributed by atoms with Gasteiger partial charge in [-0.05, 0) is 43.7 Å². The Labute approximate surface area is 161 Å². The summed E-state index contributed by atoms with van der Waals surface area (Å²) >= 11 is 0. The molecular formula is C20H23F2N5O. The van der Waals surface area contributed by atoms with Gasteiger partial charge in [0.25, 0.3) is 0 Å². The molecule has 0 spiro atoms. The predicted octanol–water partition coefficient (Wildman–Crippen LogP) is 2.43. The molecule has 5 rings (SSSR count). The number of halogens is 2. The molecule has 0 amide bonds. The highest BCUT2D eigenvalue weighted by molar-refractivity contribution is 5.52. The third-order valence-electron chi connectivity index (χ3n) is 5.05. The van der Waals surface area contributed by atoms with Crippen molar-refractivity contribution in [1.82, 2.24) is 19.5 Å². The van der Waals surface area contributed by atoms with Gasteiger partial charge in [0, 0.05) is 42.6 Å². The van der Waals surface area contributed by atoms with Crippen LogP contribution in [-0.2, 0) is 17.8 Å². The Bertz CT molecular complexity index is 938. The number of aryl methyl sites for hydroxylation is 1. The van der Waals surface area contributed by atoms with E-state index in [9.17, 15) is 8.78 Å². The van der Waals surface area contributed by atoms with Crippen LogP contribution >= 0.6 is 0 Å². The molecule has 0 aliphatic carbocycles. The summed E-state index contributed by atoms with van der Waals surface area (Å²) in [6.45, 7) is 5.24. The molecule has 28 heavy (non-hydrogen) atoms. The SMILES string of the molecule is Cc1ccn2nc3c(c2n1)CN(C1COCC(N)C1)C3.Fc1ccc(F)cc1. The van der Waals surface area contributed by atoms with Crippen LogP contribution in [0.15, 0.2) is 36.5 Å². The summed E-state index contributed by atoms with van der Waals surface area (Å²) in [7, 11) is 0. The highest BCUT2D eigenvalue weighted by Gasteiger charge is 2.33. The van der Waals surface area contributed by atoms with Gasteiger partial charge in [0.2, 0.25) is 0 Å². The summed E-state index contributed by atoms with van der Waals surface area (Å²) in [5, 5.41) is 4.64. The second-order valence-corrected chi connectivity index (χ2v) is 7.29. The smallest absolute Gasteiger partial charge is 0.159 e. The molecule has 2 aromatic heterocycles. The summed E-state index contributed by atoms with van der Waals surface area (Å²) in [5.41, 5.74) is 10.4. The van der Waals surface area contributed by atoms with Crippen molar-refractivity contribution in [2.45, 2.75) is 38.5 Å². The van der Waals surface area contributed by atoms with Gasteiger partial charge in [-0.3, -0.25) is 4.90 Å². The van der Waals surface area contributed by atoms with Gasteiger partial charge in [-0.2, -0.15) is 5.10 Å². The Morgan fingerprint density at radius 2 is 1.79 bits per heavy atom. The average molecular weight is 387 g/mol. The summed E-state index contributed by atoms with van der Waals surface area (Å²) in [4.78, 5) is 7.04. The maximum Gasteiger partial charge on any atom is 0.159 e.